The van der Waals surface area contributed by atoms with Gasteiger partial charge in [0.2, 0.25) is 11.8 Å². The van der Waals surface area contributed by atoms with Crippen molar-refractivity contribution in [1.82, 2.24) is 10.2 Å². The smallest absolute Gasteiger partial charge is 0.264 e. The average molecular weight is 612 g/mol. The van der Waals surface area contributed by atoms with Gasteiger partial charge in [0.25, 0.3) is 10.0 Å². The monoisotopic (exact) mass is 611 g/mol. The third-order valence-electron chi connectivity index (χ3n) is 7.32. The lowest BCUT2D eigenvalue weighted by Gasteiger charge is -2.34. The number of amides is 2. The minimum absolute atomic E-state index is 0.0838. The van der Waals surface area contributed by atoms with Gasteiger partial charge in [-0.15, -0.1) is 0 Å². The topological polar surface area (TPSA) is 86.8 Å². The third-order valence-corrected chi connectivity index (χ3v) is 9.11. The predicted molar refractivity (Wildman–Crippen MR) is 176 cm³/mol. The molecule has 2 amide bonds. The number of nitrogens with zero attached hydrogens (tertiary/aromatic N) is 2. The summed E-state index contributed by atoms with van der Waals surface area (Å²) in [5.41, 5.74) is 4.05. The van der Waals surface area contributed by atoms with Gasteiger partial charge in [-0.1, -0.05) is 110 Å². The Hall–Kier alpha value is -4.43. The largest absolute Gasteiger partial charge is 0.354 e. The van der Waals surface area contributed by atoms with Crippen LogP contribution in [0.3, 0.4) is 0 Å². The van der Waals surface area contributed by atoms with Gasteiger partial charge in [0, 0.05) is 19.5 Å². The maximum Gasteiger partial charge on any atom is 0.264 e. The zero-order chi connectivity index (χ0) is 31.7. The second kappa shape index (κ2) is 14.8. The molecule has 4 aromatic rings. The van der Waals surface area contributed by atoms with Gasteiger partial charge in [0.15, 0.2) is 0 Å². The molecular formula is C36H41N3O4S. The van der Waals surface area contributed by atoms with Crippen molar-refractivity contribution >= 4 is 27.5 Å². The van der Waals surface area contributed by atoms with Gasteiger partial charge in [0.1, 0.15) is 12.6 Å². The molecule has 0 unspecified atom stereocenters. The van der Waals surface area contributed by atoms with E-state index in [1.54, 1.807) is 54.6 Å². The van der Waals surface area contributed by atoms with Crippen LogP contribution in [0.1, 0.15) is 36.1 Å². The van der Waals surface area contributed by atoms with Crippen LogP contribution in [0.15, 0.2) is 114 Å². The molecule has 4 rings (SSSR count). The van der Waals surface area contributed by atoms with Crippen molar-refractivity contribution in [3.63, 3.8) is 0 Å². The molecule has 0 aromatic heterocycles. The Morgan fingerprint density at radius 1 is 0.750 bits per heavy atom. The quantitative estimate of drug-likeness (QED) is 0.204. The lowest BCUT2D eigenvalue weighted by atomic mass is 10.0. The molecule has 44 heavy (non-hydrogen) atoms. The first-order valence-electron chi connectivity index (χ1n) is 14.9. The van der Waals surface area contributed by atoms with Crippen molar-refractivity contribution in [2.24, 2.45) is 5.92 Å². The van der Waals surface area contributed by atoms with Gasteiger partial charge in [0.05, 0.1) is 10.6 Å². The number of carbonyl (C=O) groups is 2. The fraction of sp³-hybridized carbons (Fsp3) is 0.278. The third kappa shape index (κ3) is 8.57. The Labute approximate surface area is 261 Å². The molecule has 0 radical (unpaired) electrons. The summed E-state index contributed by atoms with van der Waals surface area (Å²) < 4.78 is 29.2. The Balaban J connectivity index is 1.78. The van der Waals surface area contributed by atoms with Crippen LogP contribution in [-0.2, 0) is 32.6 Å². The molecular weight excluding hydrogens is 570 g/mol. The molecule has 8 heteroatoms. The Kier molecular flexibility index (Phi) is 11.0. The maximum atomic E-state index is 14.5. The van der Waals surface area contributed by atoms with Crippen molar-refractivity contribution in [3.8, 4) is 0 Å². The predicted octanol–water partition coefficient (Wildman–Crippen LogP) is 5.91. The van der Waals surface area contributed by atoms with E-state index in [9.17, 15) is 18.0 Å². The lowest BCUT2D eigenvalue weighted by Crippen LogP contribution is -2.53. The number of sulfonamides is 1. The zero-order valence-corrected chi connectivity index (χ0v) is 26.6. The highest BCUT2D eigenvalue weighted by molar-refractivity contribution is 7.92. The number of carbonyl (C=O) groups excluding carboxylic acids is 2. The van der Waals surface area contributed by atoms with Gasteiger partial charge in [-0.2, -0.15) is 0 Å². The van der Waals surface area contributed by atoms with Gasteiger partial charge < -0.3 is 10.2 Å². The maximum absolute atomic E-state index is 14.5. The molecule has 4 aromatic carbocycles. The molecule has 0 aliphatic heterocycles. The van der Waals surface area contributed by atoms with Gasteiger partial charge >= 0.3 is 0 Å². The van der Waals surface area contributed by atoms with Gasteiger partial charge in [-0.05, 0) is 55.2 Å². The first-order valence-corrected chi connectivity index (χ1v) is 16.3. The number of benzene rings is 4. The number of hydrogen-bond acceptors (Lipinski definition) is 4. The van der Waals surface area contributed by atoms with Crippen LogP contribution < -0.4 is 9.62 Å². The van der Waals surface area contributed by atoms with Crippen LogP contribution in [-0.4, -0.2) is 44.3 Å². The molecule has 230 valence electrons. The highest BCUT2D eigenvalue weighted by atomic mass is 32.2. The molecule has 0 aliphatic rings. The number of aryl methyl sites for hydroxylation is 2. The number of rotatable bonds is 13. The molecule has 0 heterocycles. The van der Waals surface area contributed by atoms with E-state index in [-0.39, 0.29) is 29.7 Å². The first-order chi connectivity index (χ1) is 21.0. The number of hydrogen-bond donors (Lipinski definition) is 1. The summed E-state index contributed by atoms with van der Waals surface area (Å²) in [5.74, 6) is -0.548. The standard InChI is InChI=1S/C36H41N3O4S/c1-27(2)24-37-36(41)34(23-30-13-7-5-8-14-30)38(25-31-15-11-12-29(4)22-31)35(40)26-39(32-16-9-6-10-17-32)44(42,43)33-20-18-28(3)19-21-33/h5-22,27,34H,23-26H2,1-4H3,(H,37,41)/t34-/m1/s1. The summed E-state index contributed by atoms with van der Waals surface area (Å²) in [7, 11) is -4.12. The summed E-state index contributed by atoms with van der Waals surface area (Å²) in [4.78, 5) is 29.9. The number of anilines is 1. The molecule has 0 spiro atoms. The molecule has 1 atom stereocenters. The van der Waals surface area contributed by atoms with Gasteiger partial charge in [-0.25, -0.2) is 8.42 Å². The van der Waals surface area contributed by atoms with Crippen LogP contribution in [0.5, 0.6) is 0 Å². The van der Waals surface area contributed by atoms with Crippen LogP contribution in [0.4, 0.5) is 5.69 Å². The summed E-state index contributed by atoms with van der Waals surface area (Å²) in [6.45, 7) is 7.99. The van der Waals surface area contributed by atoms with E-state index in [4.69, 9.17) is 0 Å². The average Bonchev–Trinajstić information content (AvgIpc) is 3.01. The lowest BCUT2D eigenvalue weighted by molar-refractivity contribution is -0.140. The zero-order valence-electron chi connectivity index (χ0n) is 25.8. The minimum atomic E-state index is -4.12. The van der Waals surface area contributed by atoms with E-state index >= 15 is 0 Å². The van der Waals surface area contributed by atoms with Crippen LogP contribution >= 0.6 is 0 Å². The van der Waals surface area contributed by atoms with Gasteiger partial charge in [-0.3, -0.25) is 13.9 Å². The number of nitrogens with one attached hydrogen (secondary N) is 1. The molecule has 1 N–H and O–H groups in total. The Morgan fingerprint density at radius 2 is 1.36 bits per heavy atom. The molecule has 7 nitrogen and oxygen atoms in total. The van der Waals surface area contributed by atoms with E-state index in [0.717, 1.165) is 26.6 Å². The Morgan fingerprint density at radius 3 is 1.98 bits per heavy atom. The van der Waals surface area contributed by atoms with Crippen molar-refractivity contribution in [1.29, 1.82) is 0 Å². The molecule has 0 saturated carbocycles. The molecule has 0 bridgehead atoms. The van der Waals surface area contributed by atoms with Crippen LogP contribution in [0.2, 0.25) is 0 Å². The van der Waals surface area contributed by atoms with Crippen LogP contribution in [0, 0.1) is 19.8 Å². The second-order valence-corrected chi connectivity index (χ2v) is 13.4. The van der Waals surface area contributed by atoms with Crippen molar-refractivity contribution in [2.75, 3.05) is 17.4 Å². The van der Waals surface area contributed by atoms with Crippen molar-refractivity contribution < 1.29 is 18.0 Å². The molecule has 0 fully saturated rings. The van der Waals surface area contributed by atoms with E-state index < -0.39 is 28.5 Å². The fourth-order valence-electron chi connectivity index (χ4n) is 4.94. The van der Waals surface area contributed by atoms with E-state index in [2.05, 4.69) is 5.32 Å². The van der Waals surface area contributed by atoms with E-state index in [1.165, 1.54) is 4.90 Å². The summed E-state index contributed by atoms with van der Waals surface area (Å²) >= 11 is 0. The number of para-hydroxylation sites is 1. The second-order valence-electron chi connectivity index (χ2n) is 11.5. The normalized spacial score (nSPS) is 12.0. The first kappa shape index (κ1) is 32.5. The fourth-order valence-corrected chi connectivity index (χ4v) is 6.36. The van der Waals surface area contributed by atoms with E-state index in [0.29, 0.717) is 12.2 Å². The summed E-state index contributed by atoms with van der Waals surface area (Å²) in [6.07, 6.45) is 0.276. The van der Waals surface area contributed by atoms with Crippen LogP contribution in [0.25, 0.3) is 0 Å². The SMILES string of the molecule is Cc1ccc(S(=O)(=O)N(CC(=O)N(Cc2cccc(C)c2)[C@H](Cc2ccccc2)C(=O)NCC(C)C)c2ccccc2)cc1. The minimum Gasteiger partial charge on any atom is -0.354 e. The molecule has 0 saturated heterocycles. The summed E-state index contributed by atoms with van der Waals surface area (Å²) in [5, 5.41) is 3.02. The van der Waals surface area contributed by atoms with E-state index in [1.807, 2.05) is 82.3 Å². The van der Waals surface area contributed by atoms with Crippen molar-refractivity contribution in [3.05, 3.63) is 131 Å². The summed E-state index contributed by atoms with van der Waals surface area (Å²) in [6, 6.07) is 31.6. The molecule has 0 aliphatic carbocycles. The Bertz CT molecular complexity index is 1640. The highest BCUT2D eigenvalue weighted by Crippen LogP contribution is 2.25. The van der Waals surface area contributed by atoms with Crippen molar-refractivity contribution in [2.45, 2.75) is 51.6 Å². The highest BCUT2D eigenvalue weighted by Gasteiger charge is 2.34.